The lowest BCUT2D eigenvalue weighted by molar-refractivity contribution is -0.199. The molecule has 1 aliphatic carbocycles. The Morgan fingerprint density at radius 3 is 2.38 bits per heavy atom. The van der Waals surface area contributed by atoms with E-state index in [9.17, 15) is 17.6 Å². The first-order valence-corrected chi connectivity index (χ1v) is 10.5. The van der Waals surface area contributed by atoms with E-state index in [1.54, 1.807) is 24.3 Å². The van der Waals surface area contributed by atoms with Gasteiger partial charge in [0.2, 0.25) is 0 Å². The number of ether oxygens (including phenoxy) is 1. The van der Waals surface area contributed by atoms with Gasteiger partial charge in [0.15, 0.2) is 6.10 Å². The predicted octanol–water partition coefficient (Wildman–Crippen LogP) is 7.43. The topological polar surface area (TPSA) is 9.23 Å². The van der Waals surface area contributed by atoms with Crippen LogP contribution in [0.3, 0.4) is 0 Å². The molecule has 2 aliphatic rings. The van der Waals surface area contributed by atoms with Crippen molar-refractivity contribution in [3.63, 3.8) is 0 Å². The quantitative estimate of drug-likeness (QED) is 0.482. The maximum Gasteiger partial charge on any atom is 0.425 e. The van der Waals surface area contributed by atoms with Crippen molar-refractivity contribution in [3.05, 3.63) is 53.3 Å². The Hall–Kier alpha value is -2.04. The maximum absolute atomic E-state index is 14.9. The van der Waals surface area contributed by atoms with Gasteiger partial charge in [-0.05, 0) is 85.3 Å². The van der Waals surface area contributed by atoms with E-state index in [2.05, 4.69) is 6.92 Å². The molecule has 2 aromatic carbocycles. The summed E-state index contributed by atoms with van der Waals surface area (Å²) in [5, 5.41) is 0. The number of hydrogen-bond donors (Lipinski definition) is 0. The molecule has 1 heterocycles. The van der Waals surface area contributed by atoms with Crippen molar-refractivity contribution in [2.75, 3.05) is 0 Å². The molecule has 1 atom stereocenters. The molecular weight excluding hydrogens is 380 g/mol. The number of halogens is 4. The summed E-state index contributed by atoms with van der Waals surface area (Å²) in [6.07, 6.45) is -0.139. The maximum atomic E-state index is 14.9. The second-order valence-electron chi connectivity index (χ2n) is 8.37. The zero-order valence-electron chi connectivity index (χ0n) is 16.6. The minimum Gasteiger partial charge on any atom is -0.481 e. The number of hydrogen-bond acceptors (Lipinski definition) is 1. The van der Waals surface area contributed by atoms with Crippen molar-refractivity contribution in [1.29, 1.82) is 0 Å². The molecule has 5 heteroatoms. The van der Waals surface area contributed by atoms with Crippen LogP contribution in [0.2, 0.25) is 0 Å². The van der Waals surface area contributed by atoms with Gasteiger partial charge in [-0.2, -0.15) is 13.2 Å². The lowest BCUT2D eigenvalue weighted by Crippen LogP contribution is -2.37. The lowest BCUT2D eigenvalue weighted by atomic mass is 9.77. The van der Waals surface area contributed by atoms with Gasteiger partial charge in [-0.15, -0.1) is 0 Å². The van der Waals surface area contributed by atoms with Gasteiger partial charge in [0, 0.05) is 5.56 Å². The van der Waals surface area contributed by atoms with E-state index in [1.807, 2.05) is 6.07 Å². The summed E-state index contributed by atoms with van der Waals surface area (Å²) in [5.74, 6) is 1.18. The number of rotatable bonds is 3. The van der Waals surface area contributed by atoms with Crippen LogP contribution in [0.25, 0.3) is 11.1 Å². The first-order valence-electron chi connectivity index (χ1n) is 10.5. The Labute approximate surface area is 169 Å². The van der Waals surface area contributed by atoms with Crippen LogP contribution in [0.15, 0.2) is 36.4 Å². The minimum atomic E-state index is -4.37. The Balaban J connectivity index is 1.52. The number of aryl methyl sites for hydroxylation is 1. The van der Waals surface area contributed by atoms with Gasteiger partial charge < -0.3 is 4.74 Å². The second kappa shape index (κ2) is 8.00. The van der Waals surface area contributed by atoms with E-state index in [0.717, 1.165) is 24.3 Å². The summed E-state index contributed by atoms with van der Waals surface area (Å²) in [4.78, 5) is 0. The molecule has 0 aromatic heterocycles. The summed E-state index contributed by atoms with van der Waals surface area (Å²) in [6, 6.07) is 10.4. The molecule has 4 rings (SSSR count). The van der Waals surface area contributed by atoms with Gasteiger partial charge in [-0.3, -0.25) is 0 Å². The Morgan fingerprint density at radius 2 is 1.72 bits per heavy atom. The molecule has 2 aromatic rings. The van der Waals surface area contributed by atoms with Gasteiger partial charge in [0.25, 0.3) is 0 Å². The molecule has 1 nitrogen and oxygen atoms in total. The molecule has 0 saturated heterocycles. The first-order chi connectivity index (χ1) is 13.8. The third-order valence-electron chi connectivity index (χ3n) is 6.57. The first kappa shape index (κ1) is 20.2. The third-order valence-corrected chi connectivity index (χ3v) is 6.57. The van der Waals surface area contributed by atoms with E-state index >= 15 is 0 Å². The van der Waals surface area contributed by atoms with Crippen LogP contribution in [0, 0.1) is 11.7 Å². The van der Waals surface area contributed by atoms with Crippen LogP contribution in [0.5, 0.6) is 5.75 Å². The standard InChI is InChI=1S/C24H26F4O/c1-2-15-3-5-16(6-4-15)17-7-10-20(21(25)14-17)18-8-11-22-19(13-18)9-12-23(29-22)24(26,27)28/h7-8,10-11,13-16,23H,2-6,9,12H2,1H3. The molecule has 0 spiro atoms. The summed E-state index contributed by atoms with van der Waals surface area (Å²) in [7, 11) is 0. The molecule has 29 heavy (non-hydrogen) atoms. The van der Waals surface area contributed by atoms with Gasteiger partial charge in [-0.1, -0.05) is 31.5 Å². The van der Waals surface area contributed by atoms with Crippen LogP contribution in [-0.2, 0) is 6.42 Å². The Morgan fingerprint density at radius 1 is 0.966 bits per heavy atom. The van der Waals surface area contributed by atoms with E-state index < -0.39 is 12.3 Å². The van der Waals surface area contributed by atoms with Crippen LogP contribution in [0.4, 0.5) is 17.6 Å². The molecule has 1 aliphatic heterocycles. The molecular formula is C24H26F4O. The van der Waals surface area contributed by atoms with E-state index in [1.165, 1.54) is 25.3 Å². The Kier molecular flexibility index (Phi) is 5.58. The summed E-state index contributed by atoms with van der Waals surface area (Å²) in [5.41, 5.74) is 2.91. The summed E-state index contributed by atoms with van der Waals surface area (Å²) in [6.45, 7) is 2.23. The summed E-state index contributed by atoms with van der Waals surface area (Å²) >= 11 is 0. The normalized spacial score (nSPS) is 24.7. The summed E-state index contributed by atoms with van der Waals surface area (Å²) < 4.78 is 58.7. The minimum absolute atomic E-state index is 0.109. The van der Waals surface area contributed by atoms with E-state index in [4.69, 9.17) is 4.74 Å². The number of alkyl halides is 3. The molecule has 156 valence electrons. The van der Waals surface area contributed by atoms with Crippen LogP contribution in [0.1, 0.15) is 62.5 Å². The SMILES string of the molecule is CCC1CCC(c2ccc(-c3ccc4c(c3)CCC(C(F)(F)F)O4)c(F)c2)CC1. The highest BCUT2D eigenvalue weighted by atomic mass is 19.4. The van der Waals surface area contributed by atoms with Gasteiger partial charge in [-0.25, -0.2) is 4.39 Å². The predicted molar refractivity (Wildman–Crippen MR) is 106 cm³/mol. The van der Waals surface area contributed by atoms with Crippen molar-refractivity contribution in [3.8, 4) is 16.9 Å². The number of fused-ring (bicyclic) bond motifs is 1. The van der Waals surface area contributed by atoms with Crippen LogP contribution >= 0.6 is 0 Å². The molecule has 1 fully saturated rings. The van der Waals surface area contributed by atoms with Crippen LogP contribution < -0.4 is 4.74 Å². The molecule has 0 bridgehead atoms. The second-order valence-corrected chi connectivity index (χ2v) is 8.37. The fourth-order valence-corrected chi connectivity index (χ4v) is 4.71. The highest BCUT2D eigenvalue weighted by molar-refractivity contribution is 5.67. The van der Waals surface area contributed by atoms with Gasteiger partial charge >= 0.3 is 6.18 Å². The van der Waals surface area contributed by atoms with E-state index in [0.29, 0.717) is 22.6 Å². The average molecular weight is 406 g/mol. The highest BCUT2D eigenvalue weighted by Gasteiger charge is 2.43. The van der Waals surface area contributed by atoms with Crippen molar-refractivity contribution >= 4 is 0 Å². The fourth-order valence-electron chi connectivity index (χ4n) is 4.71. The van der Waals surface area contributed by atoms with Crippen LogP contribution in [-0.4, -0.2) is 12.3 Å². The molecule has 1 unspecified atom stereocenters. The molecule has 1 saturated carbocycles. The molecule has 0 radical (unpaired) electrons. The average Bonchev–Trinajstić information content (AvgIpc) is 2.72. The Bertz CT molecular complexity index is 866. The lowest BCUT2D eigenvalue weighted by Gasteiger charge is -2.28. The third kappa shape index (κ3) is 4.29. The largest absolute Gasteiger partial charge is 0.481 e. The number of benzene rings is 2. The highest BCUT2D eigenvalue weighted by Crippen LogP contribution is 2.40. The van der Waals surface area contributed by atoms with E-state index in [-0.39, 0.29) is 24.4 Å². The molecule has 0 N–H and O–H groups in total. The zero-order valence-corrected chi connectivity index (χ0v) is 16.6. The van der Waals surface area contributed by atoms with Crippen molar-refractivity contribution in [2.45, 2.75) is 70.1 Å². The monoisotopic (exact) mass is 406 g/mol. The van der Waals surface area contributed by atoms with Crippen molar-refractivity contribution in [2.24, 2.45) is 5.92 Å². The zero-order chi connectivity index (χ0) is 20.6. The fraction of sp³-hybridized carbons (Fsp3) is 0.500. The molecule has 0 amide bonds. The van der Waals surface area contributed by atoms with Crippen molar-refractivity contribution in [1.82, 2.24) is 0 Å². The van der Waals surface area contributed by atoms with Gasteiger partial charge in [0.1, 0.15) is 11.6 Å². The van der Waals surface area contributed by atoms with Gasteiger partial charge in [0.05, 0.1) is 0 Å². The smallest absolute Gasteiger partial charge is 0.425 e. The van der Waals surface area contributed by atoms with Crippen molar-refractivity contribution < 1.29 is 22.3 Å².